The lowest BCUT2D eigenvalue weighted by atomic mass is 9.75. The molecule has 0 aromatic heterocycles. The number of hydrogen-bond acceptors (Lipinski definition) is 4. The molecule has 0 aliphatic carbocycles. The highest BCUT2D eigenvalue weighted by molar-refractivity contribution is 5.37. The van der Waals surface area contributed by atoms with Crippen molar-refractivity contribution in [3.8, 4) is 11.8 Å². The summed E-state index contributed by atoms with van der Waals surface area (Å²) in [6.45, 7) is 6.75. The summed E-state index contributed by atoms with van der Waals surface area (Å²) in [7, 11) is 0. The Bertz CT molecular complexity index is 558. The van der Waals surface area contributed by atoms with Crippen LogP contribution in [-0.4, -0.2) is 43.9 Å². The van der Waals surface area contributed by atoms with Gasteiger partial charge in [-0.1, -0.05) is 12.1 Å². The number of hydrogen-bond donors (Lipinski definition) is 0. The van der Waals surface area contributed by atoms with Gasteiger partial charge in [0.1, 0.15) is 5.75 Å². The fraction of sp³-hybridized carbons (Fsp3) is 0.650. The van der Waals surface area contributed by atoms with Crippen molar-refractivity contribution in [1.82, 2.24) is 4.90 Å². The molecular weight excluding hydrogens is 300 g/mol. The van der Waals surface area contributed by atoms with E-state index < -0.39 is 0 Å². The predicted molar refractivity (Wildman–Crippen MR) is 94.2 cm³/mol. The van der Waals surface area contributed by atoms with Gasteiger partial charge in [0.25, 0.3) is 0 Å². The Morgan fingerprint density at radius 3 is 2.67 bits per heavy atom. The Labute approximate surface area is 145 Å². The van der Waals surface area contributed by atoms with E-state index in [-0.39, 0.29) is 5.41 Å². The Kier molecular flexibility index (Phi) is 5.76. The van der Waals surface area contributed by atoms with E-state index in [0.717, 1.165) is 49.8 Å². The number of likely N-dealkylation sites (tertiary alicyclic amines) is 1. The SMILES string of the molecule is CC1CCCN1CCCOc1ccc(C2(C#N)CCOCC2)cc1. The van der Waals surface area contributed by atoms with Crippen LogP contribution in [0.5, 0.6) is 5.75 Å². The molecule has 1 atom stereocenters. The second-order valence-corrected chi connectivity index (χ2v) is 7.06. The Balaban J connectivity index is 1.48. The quantitative estimate of drug-likeness (QED) is 0.750. The van der Waals surface area contributed by atoms with Gasteiger partial charge in [0.15, 0.2) is 0 Å². The molecule has 1 unspecified atom stereocenters. The number of ether oxygens (including phenoxy) is 2. The number of rotatable bonds is 6. The van der Waals surface area contributed by atoms with Gasteiger partial charge in [-0.25, -0.2) is 0 Å². The number of benzene rings is 1. The van der Waals surface area contributed by atoms with Gasteiger partial charge >= 0.3 is 0 Å². The van der Waals surface area contributed by atoms with Crippen LogP contribution in [0.25, 0.3) is 0 Å². The maximum atomic E-state index is 9.62. The van der Waals surface area contributed by atoms with Gasteiger partial charge in [0, 0.05) is 25.8 Å². The molecule has 2 aliphatic rings. The van der Waals surface area contributed by atoms with Gasteiger partial charge < -0.3 is 14.4 Å². The Morgan fingerprint density at radius 2 is 2.04 bits per heavy atom. The number of nitrogens with zero attached hydrogens (tertiary/aromatic N) is 2. The zero-order chi connectivity index (χ0) is 16.8. The summed E-state index contributed by atoms with van der Waals surface area (Å²) < 4.78 is 11.3. The molecule has 0 radical (unpaired) electrons. The lowest BCUT2D eigenvalue weighted by molar-refractivity contribution is 0.0675. The van der Waals surface area contributed by atoms with Crippen molar-refractivity contribution in [3.63, 3.8) is 0 Å². The monoisotopic (exact) mass is 328 g/mol. The molecule has 130 valence electrons. The van der Waals surface area contributed by atoms with Gasteiger partial charge in [-0.2, -0.15) is 5.26 Å². The predicted octanol–water partition coefficient (Wildman–Crippen LogP) is 3.51. The van der Waals surface area contributed by atoms with Crippen molar-refractivity contribution in [2.75, 3.05) is 32.9 Å². The fourth-order valence-electron chi connectivity index (χ4n) is 3.84. The molecular formula is C20H28N2O2. The van der Waals surface area contributed by atoms with Gasteiger partial charge in [-0.15, -0.1) is 0 Å². The molecule has 0 N–H and O–H groups in total. The van der Waals surface area contributed by atoms with Crippen molar-refractivity contribution in [3.05, 3.63) is 29.8 Å². The van der Waals surface area contributed by atoms with E-state index in [9.17, 15) is 5.26 Å². The molecule has 0 saturated carbocycles. The minimum atomic E-state index is -0.386. The third-order valence-corrected chi connectivity index (χ3v) is 5.52. The molecule has 4 heteroatoms. The van der Waals surface area contributed by atoms with E-state index in [1.54, 1.807) is 0 Å². The summed E-state index contributed by atoms with van der Waals surface area (Å²) in [5.74, 6) is 0.897. The van der Waals surface area contributed by atoms with Crippen LogP contribution >= 0.6 is 0 Å². The van der Waals surface area contributed by atoms with Gasteiger partial charge in [-0.3, -0.25) is 0 Å². The zero-order valence-electron chi connectivity index (χ0n) is 14.7. The molecule has 0 bridgehead atoms. The summed E-state index contributed by atoms with van der Waals surface area (Å²) in [5, 5.41) is 9.62. The summed E-state index contributed by atoms with van der Waals surface area (Å²) in [6, 6.07) is 11.3. The van der Waals surface area contributed by atoms with E-state index in [1.165, 1.54) is 19.4 Å². The standard InChI is InChI=1S/C20H28N2O2/c1-17-4-2-11-22(17)12-3-13-24-19-7-5-18(6-8-19)20(16-21)9-14-23-15-10-20/h5-8,17H,2-4,9-15H2,1H3. The summed E-state index contributed by atoms with van der Waals surface area (Å²) in [5.41, 5.74) is 0.703. The van der Waals surface area contributed by atoms with Crippen molar-refractivity contribution >= 4 is 0 Å². The van der Waals surface area contributed by atoms with E-state index in [0.29, 0.717) is 13.2 Å². The van der Waals surface area contributed by atoms with Crippen molar-refractivity contribution < 1.29 is 9.47 Å². The van der Waals surface area contributed by atoms with E-state index >= 15 is 0 Å². The minimum Gasteiger partial charge on any atom is -0.494 e. The van der Waals surface area contributed by atoms with Crippen molar-refractivity contribution in [1.29, 1.82) is 5.26 Å². The van der Waals surface area contributed by atoms with E-state index in [4.69, 9.17) is 9.47 Å². The molecule has 4 nitrogen and oxygen atoms in total. The summed E-state index contributed by atoms with van der Waals surface area (Å²) in [4.78, 5) is 2.55. The molecule has 0 spiro atoms. The fourth-order valence-corrected chi connectivity index (χ4v) is 3.84. The van der Waals surface area contributed by atoms with Crippen LogP contribution in [0, 0.1) is 11.3 Å². The molecule has 24 heavy (non-hydrogen) atoms. The van der Waals surface area contributed by atoms with E-state index in [1.807, 2.05) is 24.3 Å². The van der Waals surface area contributed by atoms with Crippen LogP contribution in [0.15, 0.2) is 24.3 Å². The lowest BCUT2D eigenvalue weighted by Crippen LogP contribution is -2.32. The molecule has 1 aromatic carbocycles. The highest BCUT2D eigenvalue weighted by atomic mass is 16.5. The maximum absolute atomic E-state index is 9.62. The largest absolute Gasteiger partial charge is 0.494 e. The molecule has 2 fully saturated rings. The first-order chi connectivity index (χ1) is 11.7. The number of nitriles is 1. The highest BCUT2D eigenvalue weighted by Gasteiger charge is 2.34. The minimum absolute atomic E-state index is 0.386. The molecule has 2 saturated heterocycles. The van der Waals surface area contributed by atoms with Crippen LogP contribution < -0.4 is 4.74 Å². The third kappa shape index (κ3) is 3.91. The first-order valence-electron chi connectivity index (χ1n) is 9.20. The average Bonchev–Trinajstić information content (AvgIpc) is 3.05. The summed E-state index contributed by atoms with van der Waals surface area (Å²) >= 11 is 0. The van der Waals surface area contributed by atoms with Gasteiger partial charge in [-0.05, 0) is 63.3 Å². The first-order valence-corrected chi connectivity index (χ1v) is 9.20. The smallest absolute Gasteiger partial charge is 0.119 e. The third-order valence-electron chi connectivity index (χ3n) is 5.52. The van der Waals surface area contributed by atoms with Crippen LogP contribution in [0.3, 0.4) is 0 Å². The average molecular weight is 328 g/mol. The van der Waals surface area contributed by atoms with E-state index in [2.05, 4.69) is 17.9 Å². The van der Waals surface area contributed by atoms with Crippen LogP contribution in [0.1, 0.15) is 44.6 Å². The molecule has 0 amide bonds. The normalized spacial score (nSPS) is 23.8. The van der Waals surface area contributed by atoms with Crippen LogP contribution in [-0.2, 0) is 10.2 Å². The molecule has 2 aliphatic heterocycles. The second kappa shape index (κ2) is 8.00. The molecule has 1 aromatic rings. The highest BCUT2D eigenvalue weighted by Crippen LogP contribution is 2.34. The van der Waals surface area contributed by atoms with Crippen LogP contribution in [0.4, 0.5) is 0 Å². The van der Waals surface area contributed by atoms with Crippen molar-refractivity contribution in [2.45, 2.75) is 50.5 Å². The Hall–Kier alpha value is -1.57. The lowest BCUT2D eigenvalue weighted by Gasteiger charge is -2.31. The van der Waals surface area contributed by atoms with Gasteiger partial charge in [0.2, 0.25) is 0 Å². The Morgan fingerprint density at radius 1 is 1.29 bits per heavy atom. The maximum Gasteiger partial charge on any atom is 0.119 e. The van der Waals surface area contributed by atoms with Crippen molar-refractivity contribution in [2.24, 2.45) is 0 Å². The molecule has 2 heterocycles. The second-order valence-electron chi connectivity index (χ2n) is 7.06. The topological polar surface area (TPSA) is 45.5 Å². The zero-order valence-corrected chi connectivity index (χ0v) is 14.7. The molecule has 3 rings (SSSR count). The first kappa shape index (κ1) is 17.3. The van der Waals surface area contributed by atoms with Crippen LogP contribution in [0.2, 0.25) is 0 Å². The summed E-state index contributed by atoms with van der Waals surface area (Å²) in [6.07, 6.45) is 5.27. The van der Waals surface area contributed by atoms with Gasteiger partial charge in [0.05, 0.1) is 18.1 Å².